The molecule has 0 bridgehead atoms. The van der Waals surface area contributed by atoms with Crippen LogP contribution >= 0.6 is 0 Å². The lowest BCUT2D eigenvalue weighted by atomic mass is 10.1. The summed E-state index contributed by atoms with van der Waals surface area (Å²) in [4.78, 5) is 9.80. The van der Waals surface area contributed by atoms with Gasteiger partial charge in [0, 0.05) is 43.7 Å². The summed E-state index contributed by atoms with van der Waals surface area (Å²) in [6, 6.07) is 10.7. The number of hydrogen-bond acceptors (Lipinski definition) is 5. The molecule has 3 heterocycles. The number of para-hydroxylation sites is 1. The maximum atomic E-state index is 5.50. The smallest absolute Gasteiger partial charge is 0.133 e. The Morgan fingerprint density at radius 3 is 2.39 bits per heavy atom. The number of rotatable bonds is 3. The average Bonchev–Trinajstić information content (AvgIpc) is 2.63. The first-order valence-electron chi connectivity index (χ1n) is 8.41. The molecule has 0 amide bonds. The molecule has 2 fully saturated rings. The monoisotopic (exact) mass is 313 g/mol. The Labute approximate surface area is 136 Å². The van der Waals surface area contributed by atoms with Crippen molar-refractivity contribution in [2.24, 2.45) is 0 Å². The van der Waals surface area contributed by atoms with Gasteiger partial charge in [0.1, 0.15) is 5.82 Å². The molecule has 0 aliphatic carbocycles. The lowest BCUT2D eigenvalue weighted by Crippen LogP contribution is -2.39. The van der Waals surface area contributed by atoms with Gasteiger partial charge in [-0.05, 0) is 12.1 Å². The molecule has 2 saturated heterocycles. The Hall–Kier alpha value is -1.69. The SMILES string of the molecule is c1ccc2nc(N3CCOCC3)c(CN3CCOCC3)cc2c1. The highest BCUT2D eigenvalue weighted by Crippen LogP contribution is 2.26. The average molecular weight is 313 g/mol. The number of anilines is 1. The van der Waals surface area contributed by atoms with Crippen molar-refractivity contribution < 1.29 is 9.47 Å². The van der Waals surface area contributed by atoms with Crippen LogP contribution < -0.4 is 4.90 Å². The third-order valence-corrected chi connectivity index (χ3v) is 4.59. The van der Waals surface area contributed by atoms with Gasteiger partial charge in [0.15, 0.2) is 0 Å². The highest BCUT2D eigenvalue weighted by Gasteiger charge is 2.20. The molecule has 1 aromatic carbocycles. The number of hydrogen-bond donors (Lipinski definition) is 0. The van der Waals surface area contributed by atoms with Crippen molar-refractivity contribution in [3.63, 3.8) is 0 Å². The van der Waals surface area contributed by atoms with Crippen molar-refractivity contribution in [3.8, 4) is 0 Å². The van der Waals surface area contributed by atoms with Crippen molar-refractivity contribution in [1.82, 2.24) is 9.88 Å². The summed E-state index contributed by atoms with van der Waals surface area (Å²) in [6.45, 7) is 7.99. The van der Waals surface area contributed by atoms with Gasteiger partial charge in [-0.1, -0.05) is 18.2 Å². The minimum absolute atomic E-state index is 0.783. The van der Waals surface area contributed by atoms with Crippen LogP contribution in [0.5, 0.6) is 0 Å². The minimum atomic E-state index is 0.783. The predicted molar refractivity (Wildman–Crippen MR) is 90.9 cm³/mol. The number of morpholine rings is 2. The van der Waals surface area contributed by atoms with Crippen molar-refractivity contribution in [2.45, 2.75) is 6.54 Å². The summed E-state index contributed by atoms with van der Waals surface area (Å²) >= 11 is 0. The first-order valence-corrected chi connectivity index (χ1v) is 8.41. The van der Waals surface area contributed by atoms with E-state index in [0.29, 0.717) is 0 Å². The molecule has 0 saturated carbocycles. The maximum absolute atomic E-state index is 5.50. The van der Waals surface area contributed by atoms with Crippen molar-refractivity contribution in [3.05, 3.63) is 35.9 Å². The molecule has 122 valence electrons. The summed E-state index contributed by atoms with van der Waals surface area (Å²) in [5.74, 6) is 1.12. The summed E-state index contributed by atoms with van der Waals surface area (Å²) in [6.07, 6.45) is 0. The lowest BCUT2D eigenvalue weighted by molar-refractivity contribution is 0.0342. The molecule has 4 rings (SSSR count). The molecule has 0 unspecified atom stereocenters. The fourth-order valence-electron chi connectivity index (χ4n) is 3.32. The standard InChI is InChI=1S/C18H23N3O2/c1-2-4-17-15(3-1)13-16(14-20-5-9-22-10-6-20)18(19-17)21-7-11-23-12-8-21/h1-4,13H,5-12,14H2. The normalized spacial score (nSPS) is 20.1. The molecule has 0 radical (unpaired) electrons. The lowest BCUT2D eigenvalue weighted by Gasteiger charge is -2.32. The molecule has 23 heavy (non-hydrogen) atoms. The van der Waals surface area contributed by atoms with Crippen LogP contribution in [0, 0.1) is 0 Å². The van der Waals surface area contributed by atoms with E-state index in [1.165, 1.54) is 10.9 Å². The number of aromatic nitrogens is 1. The molecule has 0 N–H and O–H groups in total. The van der Waals surface area contributed by atoms with Crippen LogP contribution in [0.3, 0.4) is 0 Å². The number of pyridine rings is 1. The van der Waals surface area contributed by atoms with E-state index in [-0.39, 0.29) is 0 Å². The fourth-order valence-corrected chi connectivity index (χ4v) is 3.32. The molecule has 0 atom stereocenters. The van der Waals surface area contributed by atoms with Gasteiger partial charge in [-0.15, -0.1) is 0 Å². The molecular formula is C18H23N3O2. The topological polar surface area (TPSA) is 37.8 Å². The molecule has 5 heteroatoms. The van der Waals surface area contributed by atoms with Crippen LogP contribution in [0.2, 0.25) is 0 Å². The van der Waals surface area contributed by atoms with E-state index in [2.05, 4.69) is 40.1 Å². The Kier molecular flexibility index (Phi) is 4.41. The van der Waals surface area contributed by atoms with Crippen LogP contribution in [0.1, 0.15) is 5.56 Å². The zero-order valence-electron chi connectivity index (χ0n) is 13.4. The number of benzene rings is 1. The highest BCUT2D eigenvalue weighted by atomic mass is 16.5. The summed E-state index contributed by atoms with van der Waals surface area (Å²) in [7, 11) is 0. The van der Waals surface area contributed by atoms with E-state index in [0.717, 1.165) is 70.5 Å². The van der Waals surface area contributed by atoms with E-state index in [4.69, 9.17) is 14.5 Å². The first-order chi connectivity index (χ1) is 11.4. The third kappa shape index (κ3) is 3.32. The first kappa shape index (κ1) is 14.9. The zero-order valence-corrected chi connectivity index (χ0v) is 13.4. The van der Waals surface area contributed by atoms with Crippen LogP contribution in [-0.2, 0) is 16.0 Å². The van der Waals surface area contributed by atoms with Gasteiger partial charge in [-0.25, -0.2) is 4.98 Å². The van der Waals surface area contributed by atoms with Gasteiger partial charge in [0.25, 0.3) is 0 Å². The molecule has 5 nitrogen and oxygen atoms in total. The highest BCUT2D eigenvalue weighted by molar-refractivity contribution is 5.81. The second kappa shape index (κ2) is 6.83. The minimum Gasteiger partial charge on any atom is -0.379 e. The number of nitrogens with zero attached hydrogens (tertiary/aromatic N) is 3. The number of fused-ring (bicyclic) bond motifs is 1. The molecule has 0 spiro atoms. The van der Waals surface area contributed by atoms with E-state index < -0.39 is 0 Å². The van der Waals surface area contributed by atoms with Gasteiger partial charge >= 0.3 is 0 Å². The second-order valence-electron chi connectivity index (χ2n) is 6.15. The predicted octanol–water partition coefficient (Wildman–Crippen LogP) is 1.90. The summed E-state index contributed by atoms with van der Waals surface area (Å²) in [5, 5.41) is 1.22. The Balaban J connectivity index is 1.69. The van der Waals surface area contributed by atoms with Crippen molar-refractivity contribution in [2.75, 3.05) is 57.5 Å². The van der Waals surface area contributed by atoms with Gasteiger partial charge in [0.2, 0.25) is 0 Å². The maximum Gasteiger partial charge on any atom is 0.133 e. The van der Waals surface area contributed by atoms with Crippen LogP contribution in [0.4, 0.5) is 5.82 Å². The molecule has 2 aliphatic rings. The van der Waals surface area contributed by atoms with E-state index in [1.807, 2.05) is 0 Å². The quantitative estimate of drug-likeness (QED) is 0.865. The van der Waals surface area contributed by atoms with Gasteiger partial charge in [-0.3, -0.25) is 4.90 Å². The number of ether oxygens (including phenoxy) is 2. The Morgan fingerprint density at radius 1 is 0.913 bits per heavy atom. The van der Waals surface area contributed by atoms with E-state index in [9.17, 15) is 0 Å². The third-order valence-electron chi connectivity index (χ3n) is 4.59. The summed E-state index contributed by atoms with van der Waals surface area (Å²) < 4.78 is 11.0. The van der Waals surface area contributed by atoms with Gasteiger partial charge in [0.05, 0.1) is 31.9 Å². The van der Waals surface area contributed by atoms with Crippen LogP contribution in [0.25, 0.3) is 10.9 Å². The van der Waals surface area contributed by atoms with Crippen molar-refractivity contribution in [1.29, 1.82) is 0 Å². The van der Waals surface area contributed by atoms with E-state index >= 15 is 0 Å². The summed E-state index contributed by atoms with van der Waals surface area (Å²) in [5.41, 5.74) is 2.38. The van der Waals surface area contributed by atoms with Gasteiger partial charge < -0.3 is 14.4 Å². The molecule has 2 aliphatic heterocycles. The zero-order chi connectivity index (χ0) is 15.5. The van der Waals surface area contributed by atoms with Crippen LogP contribution in [-0.4, -0.2) is 62.5 Å². The Bertz CT molecular complexity index is 664. The van der Waals surface area contributed by atoms with E-state index in [1.54, 1.807) is 0 Å². The van der Waals surface area contributed by atoms with Crippen molar-refractivity contribution >= 4 is 16.7 Å². The fraction of sp³-hybridized carbons (Fsp3) is 0.500. The largest absolute Gasteiger partial charge is 0.379 e. The van der Waals surface area contributed by atoms with Gasteiger partial charge in [-0.2, -0.15) is 0 Å². The Morgan fingerprint density at radius 2 is 1.61 bits per heavy atom. The molecule has 1 aromatic heterocycles. The molecule has 2 aromatic rings. The second-order valence-corrected chi connectivity index (χ2v) is 6.15. The molecular weight excluding hydrogens is 290 g/mol. The van der Waals surface area contributed by atoms with Crippen LogP contribution in [0.15, 0.2) is 30.3 Å².